The third kappa shape index (κ3) is 2.22. The molecule has 0 bridgehead atoms. The molecule has 2 aliphatic heterocycles. The third-order valence-electron chi connectivity index (χ3n) is 5.46. The van der Waals surface area contributed by atoms with E-state index < -0.39 is 0 Å². The van der Waals surface area contributed by atoms with Gasteiger partial charge in [-0.1, -0.05) is 25.7 Å². The average molecular weight is 271 g/mol. The van der Waals surface area contributed by atoms with Crippen LogP contribution in [0.3, 0.4) is 0 Å². The number of fused-ring (bicyclic) bond motifs is 3. The lowest BCUT2D eigenvalue weighted by molar-refractivity contribution is 0.433. The molecule has 1 saturated carbocycles. The Hall–Kier alpha value is -1.09. The molecule has 3 heterocycles. The second-order valence-electron chi connectivity index (χ2n) is 6.72. The van der Waals surface area contributed by atoms with Crippen LogP contribution in [0.4, 0.5) is 5.82 Å². The van der Waals surface area contributed by atoms with Crippen molar-refractivity contribution < 1.29 is 0 Å². The van der Waals surface area contributed by atoms with E-state index in [-0.39, 0.29) is 0 Å². The quantitative estimate of drug-likeness (QED) is 0.896. The number of anilines is 1. The fraction of sp³-hybridized carbons (Fsp3) is 0.706. The van der Waals surface area contributed by atoms with E-state index in [2.05, 4.69) is 16.3 Å². The van der Waals surface area contributed by atoms with Gasteiger partial charge in [-0.3, -0.25) is 0 Å². The Kier molecular flexibility index (Phi) is 3.39. The first-order valence-electron chi connectivity index (χ1n) is 8.36. The van der Waals surface area contributed by atoms with Crippen molar-refractivity contribution >= 4 is 5.82 Å². The minimum atomic E-state index is 0.672. The van der Waals surface area contributed by atoms with Crippen molar-refractivity contribution in [1.29, 1.82) is 0 Å². The highest BCUT2D eigenvalue weighted by Gasteiger charge is 2.31. The van der Waals surface area contributed by atoms with Gasteiger partial charge in [0.2, 0.25) is 0 Å². The number of rotatable bonds is 2. The van der Waals surface area contributed by atoms with Crippen molar-refractivity contribution in [3.63, 3.8) is 0 Å². The summed E-state index contributed by atoms with van der Waals surface area (Å²) in [7, 11) is 0. The zero-order chi connectivity index (χ0) is 13.4. The molecule has 1 saturated heterocycles. The Morgan fingerprint density at radius 1 is 1.25 bits per heavy atom. The van der Waals surface area contributed by atoms with Gasteiger partial charge >= 0.3 is 0 Å². The van der Waals surface area contributed by atoms with Crippen LogP contribution in [0.2, 0.25) is 0 Å². The zero-order valence-electron chi connectivity index (χ0n) is 12.3. The molecule has 4 rings (SSSR count). The molecule has 1 atom stereocenters. The Balaban J connectivity index is 1.62. The van der Waals surface area contributed by atoms with Gasteiger partial charge in [0.25, 0.3) is 0 Å². The Labute approximate surface area is 121 Å². The summed E-state index contributed by atoms with van der Waals surface area (Å²) >= 11 is 0. The molecule has 0 radical (unpaired) electrons. The number of nitrogens with zero attached hydrogens (tertiary/aromatic N) is 2. The molecule has 108 valence electrons. The highest BCUT2D eigenvalue weighted by atomic mass is 15.3. The molecule has 1 aromatic rings. The summed E-state index contributed by atoms with van der Waals surface area (Å²) in [5.74, 6) is 2.24. The Morgan fingerprint density at radius 3 is 3.05 bits per heavy atom. The molecule has 1 unspecified atom stereocenters. The summed E-state index contributed by atoms with van der Waals surface area (Å²) in [5, 5.41) is 3.52. The van der Waals surface area contributed by atoms with Gasteiger partial charge in [-0.15, -0.1) is 0 Å². The molecule has 3 heteroatoms. The van der Waals surface area contributed by atoms with Crippen LogP contribution >= 0.6 is 0 Å². The van der Waals surface area contributed by atoms with E-state index >= 15 is 0 Å². The van der Waals surface area contributed by atoms with Crippen molar-refractivity contribution in [2.75, 3.05) is 24.5 Å². The lowest BCUT2D eigenvalue weighted by atomic mass is 9.89. The molecule has 3 nitrogen and oxygen atoms in total. The van der Waals surface area contributed by atoms with E-state index in [4.69, 9.17) is 4.98 Å². The van der Waals surface area contributed by atoms with E-state index in [1.54, 1.807) is 11.1 Å². The Bertz CT molecular complexity index is 479. The van der Waals surface area contributed by atoms with Gasteiger partial charge in [-0.25, -0.2) is 4.98 Å². The van der Waals surface area contributed by atoms with Crippen LogP contribution in [-0.2, 0) is 12.8 Å². The van der Waals surface area contributed by atoms with Gasteiger partial charge in [0, 0.05) is 31.9 Å². The van der Waals surface area contributed by atoms with Crippen molar-refractivity contribution in [3.8, 4) is 0 Å². The largest absolute Gasteiger partial charge is 0.351 e. The van der Waals surface area contributed by atoms with Crippen LogP contribution in [-0.4, -0.2) is 30.7 Å². The lowest BCUT2D eigenvalue weighted by Crippen LogP contribution is -2.53. The molecule has 3 aliphatic rings. The number of hydrogen-bond acceptors (Lipinski definition) is 3. The molecule has 0 spiro atoms. The first-order valence-corrected chi connectivity index (χ1v) is 8.36. The molecule has 20 heavy (non-hydrogen) atoms. The standard InChI is InChI=1S/C17H25N3/c1-2-4-13(3-1)11-14-7-8-19-17-16(14)6-5-15-12-18-9-10-20(15)17/h7-8,13,15,18H,1-6,9-12H2. The molecule has 1 N–H and O–H groups in total. The van der Waals surface area contributed by atoms with Crippen LogP contribution in [0.25, 0.3) is 0 Å². The molecule has 0 aromatic carbocycles. The van der Waals surface area contributed by atoms with Gasteiger partial charge in [0.1, 0.15) is 5.82 Å². The van der Waals surface area contributed by atoms with Crippen molar-refractivity contribution in [1.82, 2.24) is 10.3 Å². The molecular formula is C17H25N3. The van der Waals surface area contributed by atoms with Crippen molar-refractivity contribution in [3.05, 3.63) is 23.4 Å². The van der Waals surface area contributed by atoms with E-state index in [0.717, 1.165) is 25.6 Å². The van der Waals surface area contributed by atoms with E-state index in [9.17, 15) is 0 Å². The first-order chi connectivity index (χ1) is 9.92. The summed E-state index contributed by atoms with van der Waals surface area (Å²) in [6.07, 6.45) is 11.6. The maximum absolute atomic E-state index is 4.74. The highest BCUT2D eigenvalue weighted by molar-refractivity contribution is 5.54. The first kappa shape index (κ1) is 12.6. The maximum Gasteiger partial charge on any atom is 0.132 e. The highest BCUT2D eigenvalue weighted by Crippen LogP contribution is 2.35. The van der Waals surface area contributed by atoms with E-state index in [1.165, 1.54) is 50.8 Å². The van der Waals surface area contributed by atoms with Crippen molar-refractivity contribution in [2.24, 2.45) is 5.92 Å². The second kappa shape index (κ2) is 5.36. The lowest BCUT2D eigenvalue weighted by Gasteiger charge is -2.42. The fourth-order valence-electron chi connectivity index (χ4n) is 4.37. The van der Waals surface area contributed by atoms with Crippen LogP contribution in [0.15, 0.2) is 12.3 Å². The number of nitrogens with one attached hydrogen (secondary N) is 1. The average Bonchev–Trinajstić information content (AvgIpc) is 3.00. The monoisotopic (exact) mass is 271 g/mol. The molecule has 2 fully saturated rings. The predicted octanol–water partition coefficient (Wildman–Crippen LogP) is 2.54. The van der Waals surface area contributed by atoms with Gasteiger partial charge in [0.15, 0.2) is 0 Å². The second-order valence-corrected chi connectivity index (χ2v) is 6.72. The van der Waals surface area contributed by atoms with Gasteiger partial charge in [0.05, 0.1) is 0 Å². The SMILES string of the molecule is c1cc(CC2CCCC2)c2c(n1)N1CCNCC1CC2. The van der Waals surface area contributed by atoms with Crippen LogP contribution in [0.5, 0.6) is 0 Å². The smallest absolute Gasteiger partial charge is 0.132 e. The number of aromatic nitrogens is 1. The van der Waals surface area contributed by atoms with Crippen LogP contribution in [0.1, 0.15) is 43.2 Å². The minimum absolute atomic E-state index is 0.672. The summed E-state index contributed by atoms with van der Waals surface area (Å²) in [6, 6.07) is 2.96. The number of piperazine rings is 1. The van der Waals surface area contributed by atoms with Crippen LogP contribution < -0.4 is 10.2 Å². The summed E-state index contributed by atoms with van der Waals surface area (Å²) in [4.78, 5) is 7.30. The number of hydrogen-bond donors (Lipinski definition) is 1. The topological polar surface area (TPSA) is 28.2 Å². The van der Waals surface area contributed by atoms with Gasteiger partial charge in [-0.05, 0) is 42.4 Å². The van der Waals surface area contributed by atoms with Crippen LogP contribution in [0, 0.1) is 5.92 Å². The third-order valence-corrected chi connectivity index (χ3v) is 5.46. The fourth-order valence-corrected chi connectivity index (χ4v) is 4.37. The van der Waals surface area contributed by atoms with E-state index in [0.29, 0.717) is 6.04 Å². The molecular weight excluding hydrogens is 246 g/mol. The Morgan fingerprint density at radius 2 is 2.15 bits per heavy atom. The molecule has 1 aliphatic carbocycles. The summed E-state index contributed by atoms with van der Waals surface area (Å²) < 4.78 is 0. The normalized spacial score (nSPS) is 26.4. The summed E-state index contributed by atoms with van der Waals surface area (Å²) in [5.41, 5.74) is 3.16. The predicted molar refractivity (Wildman–Crippen MR) is 82.2 cm³/mol. The van der Waals surface area contributed by atoms with Gasteiger partial charge in [-0.2, -0.15) is 0 Å². The van der Waals surface area contributed by atoms with Crippen molar-refractivity contribution in [2.45, 2.75) is 51.0 Å². The summed E-state index contributed by atoms with van der Waals surface area (Å²) in [6.45, 7) is 3.36. The molecule has 1 aromatic heterocycles. The number of pyridine rings is 1. The maximum atomic E-state index is 4.74. The molecule has 0 amide bonds. The minimum Gasteiger partial charge on any atom is -0.351 e. The van der Waals surface area contributed by atoms with E-state index in [1.807, 2.05) is 6.20 Å². The van der Waals surface area contributed by atoms with Gasteiger partial charge < -0.3 is 10.2 Å². The zero-order valence-corrected chi connectivity index (χ0v) is 12.3.